The van der Waals surface area contributed by atoms with Crippen LogP contribution in [-0.4, -0.2) is 43.5 Å². The highest BCUT2D eigenvalue weighted by molar-refractivity contribution is 7.99. The molecule has 1 N–H and O–H groups in total. The molecule has 0 spiro atoms. The zero-order valence-corrected chi connectivity index (χ0v) is 17.5. The van der Waals surface area contributed by atoms with Crippen molar-refractivity contribution in [2.75, 3.05) is 25.2 Å². The quantitative estimate of drug-likeness (QED) is 0.611. The van der Waals surface area contributed by atoms with Gasteiger partial charge in [-0.05, 0) is 36.1 Å². The summed E-state index contributed by atoms with van der Waals surface area (Å²) in [6.45, 7) is 2.03. The molecule has 2 aromatic carbocycles. The molecule has 0 fully saturated rings. The number of amides is 1. The number of fused-ring (bicyclic) bond motifs is 1. The van der Waals surface area contributed by atoms with Crippen LogP contribution in [0.2, 0.25) is 0 Å². The average molecular weight is 422 g/mol. The third kappa shape index (κ3) is 4.16. The summed E-state index contributed by atoms with van der Waals surface area (Å²) in [5.74, 6) is 0.640. The van der Waals surface area contributed by atoms with Gasteiger partial charge in [-0.3, -0.25) is 10.1 Å². The van der Waals surface area contributed by atoms with E-state index in [0.29, 0.717) is 20.9 Å². The van der Waals surface area contributed by atoms with E-state index >= 15 is 0 Å². The summed E-state index contributed by atoms with van der Waals surface area (Å²) in [5, 5.41) is 3.26. The average Bonchev–Trinajstić information content (AvgIpc) is 3.03. The number of thiazole rings is 1. The Kier molecular flexibility index (Phi) is 5.85. The van der Waals surface area contributed by atoms with Gasteiger partial charge in [0, 0.05) is 19.0 Å². The molecule has 3 aromatic rings. The van der Waals surface area contributed by atoms with E-state index in [1.807, 2.05) is 25.1 Å². The van der Waals surface area contributed by atoms with Crippen LogP contribution in [0.15, 0.2) is 52.3 Å². The number of aromatic nitrogens is 1. The Morgan fingerprint density at radius 2 is 1.96 bits per heavy atom. The molecule has 3 rings (SSSR count). The summed E-state index contributed by atoms with van der Waals surface area (Å²) < 4.78 is 26.4. The van der Waals surface area contributed by atoms with Crippen LogP contribution in [0.3, 0.4) is 0 Å². The fourth-order valence-electron chi connectivity index (χ4n) is 2.43. The molecule has 0 bridgehead atoms. The summed E-state index contributed by atoms with van der Waals surface area (Å²) in [6, 6.07) is 12.2. The second kappa shape index (κ2) is 7.97. The van der Waals surface area contributed by atoms with E-state index in [4.69, 9.17) is 0 Å². The monoisotopic (exact) mass is 421 g/mol. The van der Waals surface area contributed by atoms with Gasteiger partial charge >= 0.3 is 0 Å². The molecule has 1 heterocycles. The van der Waals surface area contributed by atoms with E-state index in [2.05, 4.69) is 10.3 Å². The summed E-state index contributed by atoms with van der Waals surface area (Å²) >= 11 is 2.85. The Balaban J connectivity index is 1.89. The van der Waals surface area contributed by atoms with Crippen molar-refractivity contribution in [3.05, 3.63) is 48.0 Å². The molecule has 27 heavy (non-hydrogen) atoms. The van der Waals surface area contributed by atoms with Crippen molar-refractivity contribution >= 4 is 54.4 Å². The first-order valence-electron chi connectivity index (χ1n) is 8.19. The van der Waals surface area contributed by atoms with Gasteiger partial charge in [0.15, 0.2) is 5.13 Å². The highest BCUT2D eigenvalue weighted by Crippen LogP contribution is 2.30. The predicted octanol–water partition coefficient (Wildman–Crippen LogP) is 3.91. The molecule has 9 heteroatoms. The van der Waals surface area contributed by atoms with Gasteiger partial charge in [0.2, 0.25) is 10.0 Å². The first-order chi connectivity index (χ1) is 12.8. The third-order valence-corrected chi connectivity index (χ3v) is 7.49. The minimum absolute atomic E-state index is 0.200. The van der Waals surface area contributed by atoms with Gasteiger partial charge in [-0.1, -0.05) is 30.4 Å². The number of hydrogen-bond donors (Lipinski definition) is 1. The zero-order valence-electron chi connectivity index (χ0n) is 15.1. The van der Waals surface area contributed by atoms with Crippen molar-refractivity contribution in [3.63, 3.8) is 0 Å². The minimum atomic E-state index is -3.51. The maximum atomic E-state index is 12.6. The molecule has 1 amide bonds. The summed E-state index contributed by atoms with van der Waals surface area (Å²) in [4.78, 5) is 18.1. The predicted molar refractivity (Wildman–Crippen MR) is 111 cm³/mol. The fraction of sp³-hybridized carbons (Fsp3) is 0.222. The molecule has 0 aliphatic carbocycles. The van der Waals surface area contributed by atoms with Gasteiger partial charge in [-0.15, -0.1) is 11.8 Å². The largest absolute Gasteiger partial charge is 0.298 e. The number of carbonyl (C=O) groups is 1. The number of hydrogen-bond acceptors (Lipinski definition) is 6. The zero-order chi connectivity index (χ0) is 19.6. The molecular weight excluding hydrogens is 402 g/mol. The molecular formula is C18H19N3O3S3. The number of benzene rings is 2. The Hall–Kier alpha value is -1.94. The van der Waals surface area contributed by atoms with Crippen LogP contribution in [0, 0.1) is 0 Å². The molecule has 6 nitrogen and oxygen atoms in total. The van der Waals surface area contributed by atoms with Crippen LogP contribution in [-0.2, 0) is 10.0 Å². The highest BCUT2D eigenvalue weighted by atomic mass is 32.2. The number of nitrogens with zero attached hydrogens (tertiary/aromatic N) is 2. The van der Waals surface area contributed by atoms with Gasteiger partial charge < -0.3 is 0 Å². The van der Waals surface area contributed by atoms with E-state index in [9.17, 15) is 13.2 Å². The lowest BCUT2D eigenvalue weighted by atomic mass is 10.2. The van der Waals surface area contributed by atoms with Crippen LogP contribution in [0.1, 0.15) is 17.3 Å². The molecule has 0 radical (unpaired) electrons. The highest BCUT2D eigenvalue weighted by Gasteiger charge is 2.19. The molecule has 0 saturated heterocycles. The topological polar surface area (TPSA) is 79.4 Å². The molecule has 142 valence electrons. The summed E-state index contributed by atoms with van der Waals surface area (Å²) in [7, 11) is -0.536. The summed E-state index contributed by atoms with van der Waals surface area (Å²) in [5.41, 5.74) is 1.24. The van der Waals surface area contributed by atoms with E-state index in [1.165, 1.54) is 35.8 Å². The minimum Gasteiger partial charge on any atom is -0.298 e. The van der Waals surface area contributed by atoms with Gasteiger partial charge in [0.05, 0.1) is 20.7 Å². The fourth-order valence-corrected chi connectivity index (χ4v) is 5.13. The number of nitrogens with one attached hydrogen (secondary N) is 1. The van der Waals surface area contributed by atoms with Gasteiger partial charge in [0.1, 0.15) is 0 Å². The Morgan fingerprint density at radius 1 is 1.22 bits per heavy atom. The molecule has 0 saturated carbocycles. The van der Waals surface area contributed by atoms with Crippen molar-refractivity contribution in [2.45, 2.75) is 16.7 Å². The summed E-state index contributed by atoms with van der Waals surface area (Å²) in [6.07, 6.45) is 0. The smallest absolute Gasteiger partial charge is 0.258 e. The van der Waals surface area contributed by atoms with E-state index in [-0.39, 0.29) is 10.8 Å². The second-order valence-corrected chi connectivity index (χ2v) is 10.3. The van der Waals surface area contributed by atoms with Gasteiger partial charge in [-0.2, -0.15) is 0 Å². The van der Waals surface area contributed by atoms with Crippen LogP contribution < -0.4 is 5.32 Å². The Labute approximate surface area is 166 Å². The molecule has 0 unspecified atom stereocenters. The van der Waals surface area contributed by atoms with Crippen LogP contribution in [0.5, 0.6) is 0 Å². The number of anilines is 1. The Bertz CT molecular complexity index is 1090. The third-order valence-electron chi connectivity index (χ3n) is 3.79. The number of rotatable bonds is 6. The maximum absolute atomic E-state index is 12.6. The number of thioether (sulfide) groups is 1. The van der Waals surface area contributed by atoms with Gasteiger partial charge in [-0.25, -0.2) is 17.7 Å². The van der Waals surface area contributed by atoms with Crippen molar-refractivity contribution in [3.8, 4) is 0 Å². The van der Waals surface area contributed by atoms with Crippen LogP contribution in [0.4, 0.5) is 5.13 Å². The first-order valence-corrected chi connectivity index (χ1v) is 11.4. The van der Waals surface area contributed by atoms with Crippen molar-refractivity contribution < 1.29 is 13.2 Å². The number of carbonyl (C=O) groups excluding carboxylic acids is 1. The van der Waals surface area contributed by atoms with Crippen molar-refractivity contribution in [1.29, 1.82) is 0 Å². The van der Waals surface area contributed by atoms with E-state index in [1.54, 1.807) is 30.0 Å². The Morgan fingerprint density at radius 3 is 2.67 bits per heavy atom. The molecule has 0 aliphatic rings. The molecule has 0 atom stereocenters. The standard InChI is InChI=1S/C18H19N3O3S3/c1-4-25-15-8-6-5-7-13(15)17(22)20-18-19-14-10-9-12(11-16(14)26-18)27(23,24)21(2)3/h5-11H,4H2,1-3H3,(H,19,20,22). The SMILES string of the molecule is CCSc1ccccc1C(=O)Nc1nc2ccc(S(=O)(=O)N(C)C)cc2s1. The van der Waals surface area contributed by atoms with E-state index < -0.39 is 10.0 Å². The van der Waals surface area contributed by atoms with Gasteiger partial charge in [0.25, 0.3) is 5.91 Å². The lowest BCUT2D eigenvalue weighted by Crippen LogP contribution is -2.22. The molecule has 1 aromatic heterocycles. The first kappa shape index (κ1) is 19.8. The second-order valence-electron chi connectivity index (χ2n) is 5.82. The lowest BCUT2D eigenvalue weighted by Gasteiger charge is -2.10. The maximum Gasteiger partial charge on any atom is 0.258 e. The van der Waals surface area contributed by atoms with Crippen LogP contribution >= 0.6 is 23.1 Å². The lowest BCUT2D eigenvalue weighted by molar-refractivity contribution is 0.102. The van der Waals surface area contributed by atoms with Crippen molar-refractivity contribution in [2.24, 2.45) is 0 Å². The molecule has 0 aliphatic heterocycles. The van der Waals surface area contributed by atoms with E-state index in [0.717, 1.165) is 10.6 Å². The van der Waals surface area contributed by atoms with Crippen molar-refractivity contribution in [1.82, 2.24) is 9.29 Å². The van der Waals surface area contributed by atoms with Crippen LogP contribution in [0.25, 0.3) is 10.2 Å². The number of sulfonamides is 1. The normalized spacial score (nSPS) is 11.9.